The van der Waals surface area contributed by atoms with E-state index in [0.717, 1.165) is 6.20 Å². The van der Waals surface area contributed by atoms with Gasteiger partial charge in [0.25, 0.3) is 6.43 Å². The van der Waals surface area contributed by atoms with E-state index in [1.807, 2.05) is 0 Å². The molecule has 1 N–H and O–H groups in total. The lowest BCUT2D eigenvalue weighted by Crippen LogP contribution is -2.09. The third-order valence-electron chi connectivity index (χ3n) is 2.63. The summed E-state index contributed by atoms with van der Waals surface area (Å²) in [4.78, 5) is 17.1. The Kier molecular flexibility index (Phi) is 5.71. The second-order valence-electron chi connectivity index (χ2n) is 4.27. The van der Waals surface area contributed by atoms with Crippen molar-refractivity contribution in [2.45, 2.75) is 12.8 Å². The molecule has 0 aliphatic rings. The van der Waals surface area contributed by atoms with Gasteiger partial charge in [0.2, 0.25) is 0 Å². The van der Waals surface area contributed by atoms with Crippen molar-refractivity contribution in [3.8, 4) is 5.75 Å². The standard InChI is InChI=1S/C14H13ClF2N2O3/c15-9-2-4-10(5-3-9)21-6-1-7-22-14(20)11-8-18-13(19-11)12(16)17/h2-5,8,12H,1,6-7H2,(H,18,19). The number of hydrogen-bond donors (Lipinski definition) is 1. The molecule has 0 bridgehead atoms. The first-order chi connectivity index (χ1) is 10.6. The van der Waals surface area contributed by atoms with Gasteiger partial charge in [-0.2, -0.15) is 0 Å². The number of carbonyl (C=O) groups is 1. The minimum absolute atomic E-state index is 0.103. The van der Waals surface area contributed by atoms with Crippen LogP contribution in [0.4, 0.5) is 8.78 Å². The molecular weight excluding hydrogens is 318 g/mol. The highest BCUT2D eigenvalue weighted by atomic mass is 35.5. The molecule has 0 unspecified atom stereocenters. The lowest BCUT2D eigenvalue weighted by Gasteiger charge is -2.06. The first-order valence-corrected chi connectivity index (χ1v) is 6.82. The normalized spacial score (nSPS) is 10.7. The molecule has 22 heavy (non-hydrogen) atoms. The van der Waals surface area contributed by atoms with Crippen LogP contribution in [0.15, 0.2) is 30.5 Å². The van der Waals surface area contributed by atoms with Crippen LogP contribution in [0.2, 0.25) is 5.02 Å². The lowest BCUT2D eigenvalue weighted by atomic mass is 10.3. The fraction of sp³-hybridized carbons (Fsp3) is 0.286. The summed E-state index contributed by atoms with van der Waals surface area (Å²) in [6, 6.07) is 6.86. The van der Waals surface area contributed by atoms with Gasteiger partial charge in [0.1, 0.15) is 11.4 Å². The van der Waals surface area contributed by atoms with Gasteiger partial charge >= 0.3 is 5.97 Å². The van der Waals surface area contributed by atoms with Gasteiger partial charge in [-0.1, -0.05) is 11.6 Å². The highest BCUT2D eigenvalue weighted by Gasteiger charge is 2.16. The summed E-state index contributed by atoms with van der Waals surface area (Å²) in [6.07, 6.45) is -1.27. The van der Waals surface area contributed by atoms with E-state index in [1.54, 1.807) is 24.3 Å². The van der Waals surface area contributed by atoms with E-state index < -0.39 is 18.2 Å². The van der Waals surface area contributed by atoms with Crippen LogP contribution < -0.4 is 4.74 Å². The molecule has 0 aliphatic heterocycles. The molecule has 0 atom stereocenters. The summed E-state index contributed by atoms with van der Waals surface area (Å²) in [5.41, 5.74) is -0.103. The maximum absolute atomic E-state index is 12.3. The molecule has 0 saturated carbocycles. The van der Waals surface area contributed by atoms with Gasteiger partial charge in [0.15, 0.2) is 5.82 Å². The average Bonchev–Trinajstić information content (AvgIpc) is 2.99. The molecule has 1 heterocycles. The van der Waals surface area contributed by atoms with Crippen molar-refractivity contribution in [3.63, 3.8) is 0 Å². The summed E-state index contributed by atoms with van der Waals surface area (Å²) in [6.45, 7) is 0.454. The molecule has 0 spiro atoms. The van der Waals surface area contributed by atoms with Crippen molar-refractivity contribution >= 4 is 17.6 Å². The van der Waals surface area contributed by atoms with E-state index in [4.69, 9.17) is 21.1 Å². The fourth-order valence-electron chi connectivity index (χ4n) is 1.57. The van der Waals surface area contributed by atoms with E-state index in [-0.39, 0.29) is 12.3 Å². The zero-order valence-electron chi connectivity index (χ0n) is 11.4. The number of aromatic amines is 1. The number of aromatic nitrogens is 2. The molecule has 8 heteroatoms. The minimum atomic E-state index is -2.76. The number of benzene rings is 1. The Hall–Kier alpha value is -2.15. The third kappa shape index (κ3) is 4.70. The molecule has 1 aromatic carbocycles. The largest absolute Gasteiger partial charge is 0.493 e. The Morgan fingerprint density at radius 2 is 2.00 bits per heavy atom. The lowest BCUT2D eigenvalue weighted by molar-refractivity contribution is 0.0479. The first kappa shape index (κ1) is 16.2. The number of esters is 1. The number of hydrogen-bond acceptors (Lipinski definition) is 4. The number of nitrogens with one attached hydrogen (secondary N) is 1. The number of rotatable bonds is 7. The van der Waals surface area contributed by atoms with E-state index >= 15 is 0 Å². The zero-order chi connectivity index (χ0) is 15.9. The fourth-order valence-corrected chi connectivity index (χ4v) is 1.70. The van der Waals surface area contributed by atoms with Gasteiger partial charge in [-0.3, -0.25) is 0 Å². The second-order valence-corrected chi connectivity index (χ2v) is 4.71. The van der Waals surface area contributed by atoms with E-state index in [0.29, 0.717) is 23.8 Å². The molecule has 0 radical (unpaired) electrons. The quantitative estimate of drug-likeness (QED) is 0.622. The summed E-state index contributed by atoms with van der Waals surface area (Å²) in [7, 11) is 0. The van der Waals surface area contributed by atoms with E-state index in [2.05, 4.69) is 9.97 Å². The minimum Gasteiger partial charge on any atom is -0.493 e. The molecule has 0 fully saturated rings. The highest BCUT2D eigenvalue weighted by molar-refractivity contribution is 6.30. The third-order valence-corrected chi connectivity index (χ3v) is 2.88. The van der Waals surface area contributed by atoms with Crippen LogP contribution in [0.25, 0.3) is 0 Å². The van der Waals surface area contributed by atoms with Crippen LogP contribution in [0, 0.1) is 0 Å². The van der Waals surface area contributed by atoms with Crippen molar-refractivity contribution in [1.82, 2.24) is 9.97 Å². The van der Waals surface area contributed by atoms with Crippen LogP contribution in [0.5, 0.6) is 5.75 Å². The smallest absolute Gasteiger partial charge is 0.356 e. The molecular formula is C14H13ClF2N2O3. The van der Waals surface area contributed by atoms with Crippen LogP contribution in [-0.4, -0.2) is 29.2 Å². The summed E-state index contributed by atoms with van der Waals surface area (Å²) in [5, 5.41) is 0.615. The van der Waals surface area contributed by atoms with Gasteiger partial charge in [-0.25, -0.2) is 18.6 Å². The number of halogens is 3. The Morgan fingerprint density at radius 3 is 2.64 bits per heavy atom. The van der Waals surface area contributed by atoms with Gasteiger partial charge in [-0.05, 0) is 24.3 Å². The number of alkyl halides is 2. The second kappa shape index (κ2) is 7.74. The number of nitrogens with zero attached hydrogens (tertiary/aromatic N) is 1. The average molecular weight is 331 g/mol. The topological polar surface area (TPSA) is 64.2 Å². The number of H-pyrrole nitrogens is 1. The van der Waals surface area contributed by atoms with Crippen LogP contribution in [0.1, 0.15) is 29.2 Å². The molecule has 0 aliphatic carbocycles. The summed E-state index contributed by atoms with van der Waals surface area (Å²) >= 11 is 5.74. The van der Waals surface area contributed by atoms with Crippen molar-refractivity contribution in [2.24, 2.45) is 0 Å². The van der Waals surface area contributed by atoms with Gasteiger partial charge < -0.3 is 14.5 Å². The van der Waals surface area contributed by atoms with Crippen LogP contribution >= 0.6 is 11.6 Å². The maximum Gasteiger partial charge on any atom is 0.356 e. The number of imidazole rings is 1. The Labute approximate surface area is 130 Å². The first-order valence-electron chi connectivity index (χ1n) is 6.45. The molecule has 5 nitrogen and oxygen atoms in total. The number of carbonyl (C=O) groups excluding carboxylic acids is 1. The van der Waals surface area contributed by atoms with Gasteiger partial charge in [0.05, 0.1) is 19.4 Å². The Morgan fingerprint density at radius 1 is 1.27 bits per heavy atom. The molecule has 2 rings (SSSR count). The molecule has 1 aromatic heterocycles. The summed E-state index contributed by atoms with van der Waals surface area (Å²) in [5.74, 6) is -0.630. The molecule has 2 aromatic rings. The Bertz CT molecular complexity index is 617. The Balaban J connectivity index is 1.67. The zero-order valence-corrected chi connectivity index (χ0v) is 12.1. The van der Waals surface area contributed by atoms with Crippen molar-refractivity contribution in [2.75, 3.05) is 13.2 Å². The molecule has 118 valence electrons. The highest BCUT2D eigenvalue weighted by Crippen LogP contribution is 2.16. The predicted molar refractivity (Wildman–Crippen MR) is 75.4 cm³/mol. The van der Waals surface area contributed by atoms with Gasteiger partial charge in [-0.15, -0.1) is 0 Å². The van der Waals surface area contributed by atoms with Crippen LogP contribution in [-0.2, 0) is 4.74 Å². The van der Waals surface area contributed by atoms with E-state index in [9.17, 15) is 13.6 Å². The summed E-state index contributed by atoms with van der Waals surface area (Å²) < 4.78 is 35.0. The molecule has 0 amide bonds. The van der Waals surface area contributed by atoms with E-state index in [1.165, 1.54) is 0 Å². The van der Waals surface area contributed by atoms with Crippen molar-refractivity contribution < 1.29 is 23.0 Å². The van der Waals surface area contributed by atoms with Crippen LogP contribution in [0.3, 0.4) is 0 Å². The monoisotopic (exact) mass is 330 g/mol. The van der Waals surface area contributed by atoms with Gasteiger partial charge in [0, 0.05) is 11.4 Å². The molecule has 0 saturated heterocycles. The van der Waals surface area contributed by atoms with Crippen molar-refractivity contribution in [1.29, 1.82) is 0 Å². The van der Waals surface area contributed by atoms with Crippen molar-refractivity contribution in [3.05, 3.63) is 47.0 Å². The SMILES string of the molecule is O=C(OCCCOc1ccc(Cl)cc1)c1cnc(C(F)F)[nH]1. The number of ether oxygens (including phenoxy) is 2. The maximum atomic E-state index is 12.3. The predicted octanol–water partition coefficient (Wildman–Crippen LogP) is 3.63.